The van der Waals surface area contributed by atoms with Crippen LogP contribution in [-0.4, -0.2) is 37.6 Å². The molecule has 1 aromatic rings. The van der Waals surface area contributed by atoms with Gasteiger partial charge in [0.05, 0.1) is 20.1 Å². The lowest BCUT2D eigenvalue weighted by Gasteiger charge is -2.30. The Kier molecular flexibility index (Phi) is 7.88. The van der Waals surface area contributed by atoms with Gasteiger partial charge in [0, 0.05) is 11.7 Å². The third-order valence-electron chi connectivity index (χ3n) is 3.42. The third-order valence-corrected chi connectivity index (χ3v) is 3.42. The molecule has 0 saturated carbocycles. The van der Waals surface area contributed by atoms with Gasteiger partial charge < -0.3 is 14.4 Å². The summed E-state index contributed by atoms with van der Waals surface area (Å²) in [6.45, 7) is 3.59. The van der Waals surface area contributed by atoms with Gasteiger partial charge in [-0.3, -0.25) is 14.4 Å². The van der Waals surface area contributed by atoms with Gasteiger partial charge >= 0.3 is 11.9 Å². The molecule has 1 unspecified atom stereocenters. The van der Waals surface area contributed by atoms with Crippen LogP contribution >= 0.6 is 0 Å². The first-order valence-corrected chi connectivity index (χ1v) is 7.72. The monoisotopic (exact) mass is 339 g/mol. The zero-order valence-electron chi connectivity index (χ0n) is 14.1. The quantitative estimate of drug-likeness (QED) is 0.537. The molecular weight excluding hydrogens is 317 g/mol. The summed E-state index contributed by atoms with van der Waals surface area (Å²) < 4.78 is 23.0. The summed E-state index contributed by atoms with van der Waals surface area (Å²) in [7, 11) is 1.25. The van der Waals surface area contributed by atoms with Crippen LogP contribution in [0.4, 0.5) is 10.1 Å². The molecule has 1 atom stereocenters. The average molecular weight is 339 g/mol. The van der Waals surface area contributed by atoms with E-state index in [4.69, 9.17) is 4.74 Å². The van der Waals surface area contributed by atoms with Gasteiger partial charge in [0.2, 0.25) is 5.91 Å². The van der Waals surface area contributed by atoms with E-state index in [2.05, 4.69) is 4.74 Å². The lowest BCUT2D eigenvalue weighted by atomic mass is 10.1. The van der Waals surface area contributed by atoms with Crippen LogP contribution in [-0.2, 0) is 23.9 Å². The van der Waals surface area contributed by atoms with E-state index in [0.29, 0.717) is 6.42 Å². The van der Waals surface area contributed by atoms with Crippen molar-refractivity contribution < 1.29 is 28.2 Å². The molecule has 0 saturated heterocycles. The van der Waals surface area contributed by atoms with Crippen LogP contribution in [0.3, 0.4) is 0 Å². The summed E-state index contributed by atoms with van der Waals surface area (Å²) in [4.78, 5) is 37.0. The lowest BCUT2D eigenvalue weighted by molar-refractivity contribution is -0.145. The van der Waals surface area contributed by atoms with Gasteiger partial charge in [0.1, 0.15) is 12.2 Å². The highest BCUT2D eigenvalue weighted by Gasteiger charge is 2.28. The van der Waals surface area contributed by atoms with Crippen LogP contribution in [0.25, 0.3) is 0 Å². The minimum Gasteiger partial charge on any atom is -0.469 e. The summed E-state index contributed by atoms with van der Waals surface area (Å²) in [5.74, 6) is -2.24. The molecule has 0 aromatic heterocycles. The normalized spacial score (nSPS) is 11.5. The number of hydrogen-bond donors (Lipinski definition) is 0. The first-order chi connectivity index (χ1) is 11.4. The number of halogens is 1. The number of nitrogens with zero attached hydrogens (tertiary/aromatic N) is 1. The topological polar surface area (TPSA) is 72.9 Å². The molecule has 0 aliphatic carbocycles. The molecule has 6 nitrogen and oxygen atoms in total. The predicted molar refractivity (Wildman–Crippen MR) is 85.8 cm³/mol. The molecule has 0 N–H and O–H groups in total. The lowest BCUT2D eigenvalue weighted by Crippen LogP contribution is -2.42. The number of benzene rings is 1. The summed E-state index contributed by atoms with van der Waals surface area (Å²) in [6.07, 6.45) is -0.111. The Morgan fingerprint density at radius 1 is 1.21 bits per heavy atom. The molecular formula is C17H22FNO5. The highest BCUT2D eigenvalue weighted by molar-refractivity contribution is 6.04. The van der Waals surface area contributed by atoms with Crippen molar-refractivity contribution in [2.75, 3.05) is 18.6 Å². The van der Waals surface area contributed by atoms with E-state index in [1.54, 1.807) is 19.9 Å². The van der Waals surface area contributed by atoms with Crippen molar-refractivity contribution in [3.05, 3.63) is 30.1 Å². The molecule has 1 rings (SSSR count). The number of ether oxygens (including phenoxy) is 2. The van der Waals surface area contributed by atoms with Gasteiger partial charge in [-0.15, -0.1) is 0 Å². The SMILES string of the molecule is CCOC(=O)CC(=O)N(c1cccc(F)c1)C(CC)CC(=O)OC. The van der Waals surface area contributed by atoms with Crippen molar-refractivity contribution in [2.24, 2.45) is 0 Å². The summed E-state index contributed by atoms with van der Waals surface area (Å²) in [6, 6.07) is 4.88. The molecule has 7 heteroatoms. The number of hydrogen-bond acceptors (Lipinski definition) is 5. The number of carbonyl (C=O) groups excluding carboxylic acids is 3. The maximum Gasteiger partial charge on any atom is 0.315 e. The Balaban J connectivity index is 3.12. The fraction of sp³-hybridized carbons (Fsp3) is 0.471. The van der Waals surface area contributed by atoms with Gasteiger partial charge in [-0.2, -0.15) is 0 Å². The Morgan fingerprint density at radius 2 is 1.92 bits per heavy atom. The van der Waals surface area contributed by atoms with Crippen molar-refractivity contribution >= 4 is 23.5 Å². The first kappa shape index (κ1) is 19.6. The van der Waals surface area contributed by atoms with Crippen LogP contribution in [0.15, 0.2) is 24.3 Å². The Morgan fingerprint density at radius 3 is 2.46 bits per heavy atom. The molecule has 1 amide bonds. The van der Waals surface area contributed by atoms with Crippen molar-refractivity contribution in [1.29, 1.82) is 0 Å². The number of carbonyl (C=O) groups is 3. The molecule has 0 bridgehead atoms. The molecule has 132 valence electrons. The molecule has 0 aliphatic heterocycles. The van der Waals surface area contributed by atoms with E-state index >= 15 is 0 Å². The number of amides is 1. The number of methoxy groups -OCH3 is 1. The molecule has 0 fully saturated rings. The van der Waals surface area contributed by atoms with Crippen molar-refractivity contribution in [3.63, 3.8) is 0 Å². The van der Waals surface area contributed by atoms with Crippen molar-refractivity contribution in [1.82, 2.24) is 0 Å². The van der Waals surface area contributed by atoms with Crippen LogP contribution < -0.4 is 4.90 Å². The van der Waals surface area contributed by atoms with Gasteiger partial charge in [0.25, 0.3) is 0 Å². The first-order valence-electron chi connectivity index (χ1n) is 7.72. The third kappa shape index (κ3) is 5.64. The van der Waals surface area contributed by atoms with E-state index < -0.39 is 36.1 Å². The van der Waals surface area contributed by atoms with E-state index in [-0.39, 0.29) is 18.7 Å². The van der Waals surface area contributed by atoms with Crippen LogP contribution in [0, 0.1) is 5.82 Å². The summed E-state index contributed by atoms with van der Waals surface area (Å²) in [5, 5.41) is 0. The zero-order valence-corrected chi connectivity index (χ0v) is 14.1. The Labute approximate surface area is 140 Å². The van der Waals surface area contributed by atoms with Gasteiger partial charge in [0.15, 0.2) is 0 Å². The van der Waals surface area contributed by atoms with E-state index in [9.17, 15) is 18.8 Å². The second kappa shape index (κ2) is 9.64. The summed E-state index contributed by atoms with van der Waals surface area (Å²) >= 11 is 0. The van der Waals surface area contributed by atoms with Gasteiger partial charge in [-0.25, -0.2) is 4.39 Å². The predicted octanol–water partition coefficient (Wildman–Crippen LogP) is 2.45. The zero-order chi connectivity index (χ0) is 18.1. The summed E-state index contributed by atoms with van der Waals surface area (Å²) in [5.41, 5.74) is 0.278. The Hall–Kier alpha value is -2.44. The standard InChI is InChI=1S/C17H22FNO5/c1-4-13(10-16(21)23-3)19(14-8-6-7-12(18)9-14)15(20)11-17(22)24-5-2/h6-9,13H,4-5,10-11H2,1-3H3. The average Bonchev–Trinajstić information content (AvgIpc) is 2.54. The maximum atomic E-state index is 13.5. The molecule has 0 radical (unpaired) electrons. The van der Waals surface area contributed by atoms with Gasteiger partial charge in [-0.1, -0.05) is 13.0 Å². The van der Waals surface area contributed by atoms with Crippen molar-refractivity contribution in [2.45, 2.75) is 39.2 Å². The van der Waals surface area contributed by atoms with Crippen LogP contribution in [0.2, 0.25) is 0 Å². The van der Waals surface area contributed by atoms with Crippen LogP contribution in [0.5, 0.6) is 0 Å². The molecule has 0 heterocycles. The molecule has 1 aromatic carbocycles. The minimum atomic E-state index is -0.670. The second-order valence-electron chi connectivity index (χ2n) is 5.07. The largest absolute Gasteiger partial charge is 0.469 e. The minimum absolute atomic E-state index is 0.0575. The fourth-order valence-electron chi connectivity index (χ4n) is 2.30. The Bertz CT molecular complexity index is 590. The highest BCUT2D eigenvalue weighted by atomic mass is 19.1. The second-order valence-corrected chi connectivity index (χ2v) is 5.07. The van der Waals surface area contributed by atoms with E-state index in [1.165, 1.54) is 30.2 Å². The molecule has 0 spiro atoms. The highest BCUT2D eigenvalue weighted by Crippen LogP contribution is 2.23. The smallest absolute Gasteiger partial charge is 0.315 e. The maximum absolute atomic E-state index is 13.5. The number of rotatable bonds is 8. The number of esters is 2. The van der Waals surface area contributed by atoms with E-state index in [0.717, 1.165) is 0 Å². The van der Waals surface area contributed by atoms with E-state index in [1.807, 2.05) is 0 Å². The fourth-order valence-corrected chi connectivity index (χ4v) is 2.30. The molecule has 24 heavy (non-hydrogen) atoms. The van der Waals surface area contributed by atoms with Crippen molar-refractivity contribution in [3.8, 4) is 0 Å². The number of anilines is 1. The van der Waals surface area contributed by atoms with Gasteiger partial charge in [-0.05, 0) is 31.5 Å². The van der Waals surface area contributed by atoms with Crippen LogP contribution in [0.1, 0.15) is 33.1 Å². The molecule has 0 aliphatic rings.